The molecule has 0 fully saturated rings. The summed E-state index contributed by atoms with van der Waals surface area (Å²) in [7, 11) is 1.63. The second-order valence-electron chi connectivity index (χ2n) is 6.51. The van der Waals surface area contributed by atoms with E-state index in [4.69, 9.17) is 4.74 Å². The molecule has 3 aromatic carbocycles. The van der Waals surface area contributed by atoms with Crippen LogP contribution in [0.5, 0.6) is 5.75 Å². The molecular weight excluding hydrogens is 541 g/mol. The molecule has 1 heterocycles. The van der Waals surface area contributed by atoms with Gasteiger partial charge in [-0.2, -0.15) is 0 Å². The van der Waals surface area contributed by atoms with Crippen LogP contribution in [0, 0.1) is 3.57 Å². The highest BCUT2D eigenvalue weighted by atomic mass is 127. The number of amides is 1. The van der Waals surface area contributed by atoms with E-state index in [2.05, 4.69) is 38.5 Å². The molecule has 0 aromatic heterocycles. The van der Waals surface area contributed by atoms with Crippen LogP contribution in [-0.4, -0.2) is 13.0 Å². The highest BCUT2D eigenvalue weighted by Crippen LogP contribution is 2.36. The first kappa shape index (κ1) is 19.9. The van der Waals surface area contributed by atoms with Crippen LogP contribution in [0.2, 0.25) is 0 Å². The first-order valence-electron chi connectivity index (χ1n) is 8.99. The Morgan fingerprint density at radius 3 is 2.48 bits per heavy atom. The molecule has 4 rings (SSSR count). The Morgan fingerprint density at radius 1 is 1.00 bits per heavy atom. The molecule has 0 saturated carbocycles. The van der Waals surface area contributed by atoms with E-state index in [1.165, 1.54) is 0 Å². The zero-order valence-electron chi connectivity index (χ0n) is 15.6. The summed E-state index contributed by atoms with van der Waals surface area (Å²) in [6.07, 6.45) is 3.86. The summed E-state index contributed by atoms with van der Waals surface area (Å²) in [6.45, 7) is 0. The van der Waals surface area contributed by atoms with E-state index in [9.17, 15) is 4.79 Å². The third kappa shape index (κ3) is 4.16. The predicted octanol–water partition coefficient (Wildman–Crippen LogP) is 6.53. The minimum Gasteiger partial charge on any atom is -0.496 e. The van der Waals surface area contributed by atoms with E-state index in [1.54, 1.807) is 12.0 Å². The van der Waals surface area contributed by atoms with Crippen LogP contribution >= 0.6 is 38.5 Å². The Kier molecular flexibility index (Phi) is 5.87. The topological polar surface area (TPSA) is 29.5 Å². The molecule has 144 valence electrons. The van der Waals surface area contributed by atoms with E-state index in [1.807, 2.05) is 84.9 Å². The molecule has 3 aromatic rings. The second-order valence-corrected chi connectivity index (χ2v) is 8.61. The van der Waals surface area contributed by atoms with Crippen LogP contribution in [-0.2, 0) is 4.79 Å². The van der Waals surface area contributed by atoms with Gasteiger partial charge in [-0.15, -0.1) is 0 Å². The fraction of sp³-hybridized carbons (Fsp3) is 0.0417. The Balaban J connectivity index is 1.81. The number of methoxy groups -OCH3 is 1. The number of nitrogens with zero attached hydrogens (tertiary/aromatic N) is 1. The summed E-state index contributed by atoms with van der Waals surface area (Å²) >= 11 is 5.78. The van der Waals surface area contributed by atoms with Gasteiger partial charge in [0.2, 0.25) is 0 Å². The molecule has 0 saturated heterocycles. The normalized spacial score (nSPS) is 15.0. The van der Waals surface area contributed by atoms with Crippen LogP contribution in [0.4, 0.5) is 5.69 Å². The number of carbonyl (C=O) groups excluding carboxylic acids is 1. The number of anilines is 1. The van der Waals surface area contributed by atoms with Gasteiger partial charge in [-0.05, 0) is 92.1 Å². The number of benzene rings is 3. The fourth-order valence-corrected chi connectivity index (χ4v) is 4.35. The highest BCUT2D eigenvalue weighted by molar-refractivity contribution is 14.1. The van der Waals surface area contributed by atoms with E-state index >= 15 is 0 Å². The van der Waals surface area contributed by atoms with Gasteiger partial charge < -0.3 is 4.74 Å². The highest BCUT2D eigenvalue weighted by Gasteiger charge is 2.30. The van der Waals surface area contributed by atoms with Crippen molar-refractivity contribution in [3.63, 3.8) is 0 Å². The van der Waals surface area contributed by atoms with Gasteiger partial charge in [0.05, 0.1) is 23.0 Å². The molecule has 0 aliphatic carbocycles. The standard InChI is InChI=1S/C24H17BrINO2/c1-29-23-11-10-16(13-21(23)25)12-18-14-22(17-6-3-2-4-7-17)27(24(18)28)20-9-5-8-19(26)15-20/h2-15H,1H3/b18-12-. The summed E-state index contributed by atoms with van der Waals surface area (Å²) < 4.78 is 7.23. The van der Waals surface area contributed by atoms with Crippen molar-refractivity contribution in [3.05, 3.63) is 104 Å². The van der Waals surface area contributed by atoms with Crippen LogP contribution in [0.25, 0.3) is 11.8 Å². The molecule has 0 radical (unpaired) electrons. The summed E-state index contributed by atoms with van der Waals surface area (Å²) in [5.41, 5.74) is 4.29. The lowest BCUT2D eigenvalue weighted by atomic mass is 10.1. The minimum atomic E-state index is -0.0437. The molecule has 0 spiro atoms. The minimum absolute atomic E-state index is 0.0437. The Bertz CT molecular complexity index is 1140. The van der Waals surface area contributed by atoms with E-state index in [0.29, 0.717) is 5.57 Å². The zero-order chi connectivity index (χ0) is 20.4. The lowest BCUT2D eigenvalue weighted by molar-refractivity contribution is -0.113. The maximum absolute atomic E-state index is 13.4. The van der Waals surface area contributed by atoms with Crippen molar-refractivity contribution in [1.29, 1.82) is 0 Å². The smallest absolute Gasteiger partial charge is 0.262 e. The van der Waals surface area contributed by atoms with Crippen molar-refractivity contribution in [2.75, 3.05) is 12.0 Å². The van der Waals surface area contributed by atoms with E-state index in [-0.39, 0.29) is 5.91 Å². The number of hydrogen-bond donors (Lipinski definition) is 0. The van der Waals surface area contributed by atoms with Gasteiger partial charge in [-0.25, -0.2) is 0 Å². The van der Waals surface area contributed by atoms with Gasteiger partial charge in [-0.3, -0.25) is 9.69 Å². The number of carbonyl (C=O) groups is 1. The van der Waals surface area contributed by atoms with Crippen molar-refractivity contribution >= 4 is 61.9 Å². The van der Waals surface area contributed by atoms with Crippen LogP contribution in [0.3, 0.4) is 0 Å². The number of rotatable bonds is 4. The molecule has 0 N–H and O–H groups in total. The monoisotopic (exact) mass is 557 g/mol. The van der Waals surface area contributed by atoms with E-state index < -0.39 is 0 Å². The van der Waals surface area contributed by atoms with Crippen molar-refractivity contribution in [3.8, 4) is 5.75 Å². The van der Waals surface area contributed by atoms with Crippen molar-refractivity contribution in [2.24, 2.45) is 0 Å². The summed E-state index contributed by atoms with van der Waals surface area (Å²) in [6, 6.07) is 23.7. The second kappa shape index (κ2) is 8.55. The van der Waals surface area contributed by atoms with Gasteiger partial charge in [0.15, 0.2) is 0 Å². The molecule has 0 bridgehead atoms. The van der Waals surface area contributed by atoms with Gasteiger partial charge in [0.1, 0.15) is 5.75 Å². The molecular formula is C24H17BrINO2. The molecule has 0 atom stereocenters. The van der Waals surface area contributed by atoms with Gasteiger partial charge >= 0.3 is 0 Å². The average Bonchev–Trinajstić information content (AvgIpc) is 3.05. The summed E-state index contributed by atoms with van der Waals surface area (Å²) in [5.74, 6) is 0.712. The molecule has 1 aliphatic heterocycles. The molecule has 1 amide bonds. The molecule has 1 aliphatic rings. The maximum Gasteiger partial charge on any atom is 0.262 e. The zero-order valence-corrected chi connectivity index (χ0v) is 19.3. The third-order valence-electron chi connectivity index (χ3n) is 4.62. The van der Waals surface area contributed by atoms with Gasteiger partial charge in [-0.1, -0.05) is 42.5 Å². The molecule has 3 nitrogen and oxygen atoms in total. The number of halogens is 2. The van der Waals surface area contributed by atoms with Gasteiger partial charge in [0, 0.05) is 9.14 Å². The Labute approximate surface area is 192 Å². The van der Waals surface area contributed by atoms with E-state index in [0.717, 1.165) is 36.3 Å². The summed E-state index contributed by atoms with van der Waals surface area (Å²) in [5, 5.41) is 0. The quantitative estimate of drug-likeness (QED) is 0.269. The lowest BCUT2D eigenvalue weighted by Crippen LogP contribution is -2.25. The average molecular weight is 558 g/mol. The number of ether oxygens (including phenoxy) is 1. The first-order valence-corrected chi connectivity index (χ1v) is 10.9. The van der Waals surface area contributed by atoms with Crippen LogP contribution < -0.4 is 9.64 Å². The largest absolute Gasteiger partial charge is 0.496 e. The van der Waals surface area contributed by atoms with Crippen molar-refractivity contribution < 1.29 is 9.53 Å². The van der Waals surface area contributed by atoms with Gasteiger partial charge in [0.25, 0.3) is 5.91 Å². The Hall–Kier alpha value is -2.38. The third-order valence-corrected chi connectivity index (χ3v) is 5.91. The predicted molar refractivity (Wildman–Crippen MR) is 130 cm³/mol. The molecule has 0 unspecified atom stereocenters. The first-order chi connectivity index (χ1) is 14.1. The SMILES string of the molecule is COc1ccc(/C=C2/C=C(c3ccccc3)N(c3cccc(I)c3)C2=O)cc1Br. The van der Waals surface area contributed by atoms with Crippen molar-refractivity contribution in [1.82, 2.24) is 0 Å². The molecule has 5 heteroatoms. The lowest BCUT2D eigenvalue weighted by Gasteiger charge is -2.21. The van der Waals surface area contributed by atoms with Crippen molar-refractivity contribution in [2.45, 2.75) is 0 Å². The molecule has 29 heavy (non-hydrogen) atoms. The van der Waals surface area contributed by atoms with Crippen LogP contribution in [0.15, 0.2) is 88.9 Å². The Morgan fingerprint density at radius 2 is 1.79 bits per heavy atom. The number of hydrogen-bond acceptors (Lipinski definition) is 2. The maximum atomic E-state index is 13.4. The fourth-order valence-electron chi connectivity index (χ4n) is 3.26. The van der Waals surface area contributed by atoms with Crippen LogP contribution in [0.1, 0.15) is 11.1 Å². The summed E-state index contributed by atoms with van der Waals surface area (Å²) in [4.78, 5) is 15.2.